The summed E-state index contributed by atoms with van der Waals surface area (Å²) in [5.41, 5.74) is 0.288. The van der Waals surface area contributed by atoms with E-state index in [1.165, 1.54) is 19.3 Å². The molecule has 0 aromatic heterocycles. The molecule has 0 aliphatic rings. The summed E-state index contributed by atoms with van der Waals surface area (Å²) in [6.45, 7) is 4.22. The van der Waals surface area contributed by atoms with Gasteiger partial charge in [0.15, 0.2) is 0 Å². The molecular formula is C14H20O3. The maximum atomic E-state index is 10.7. The topological polar surface area (TPSA) is 46.5 Å². The highest BCUT2D eigenvalue weighted by atomic mass is 16.5. The first-order valence-corrected chi connectivity index (χ1v) is 6.13. The lowest BCUT2D eigenvalue weighted by atomic mass is 10.1. The first kappa shape index (κ1) is 13.6. The Kier molecular flexibility index (Phi) is 5.53. The predicted molar refractivity (Wildman–Crippen MR) is 67.6 cm³/mol. The highest BCUT2D eigenvalue weighted by molar-refractivity contribution is 5.87. The van der Waals surface area contributed by atoms with Crippen LogP contribution in [0.5, 0.6) is 5.75 Å². The molecule has 1 rings (SSSR count). The van der Waals surface area contributed by atoms with E-state index in [9.17, 15) is 4.79 Å². The third-order valence-electron chi connectivity index (χ3n) is 2.65. The summed E-state index contributed by atoms with van der Waals surface area (Å²) in [4.78, 5) is 10.7. The van der Waals surface area contributed by atoms with Crippen molar-refractivity contribution in [2.24, 2.45) is 0 Å². The lowest BCUT2D eigenvalue weighted by Crippen LogP contribution is -2.11. The number of carboxylic acids is 1. The summed E-state index contributed by atoms with van der Waals surface area (Å²) >= 11 is 0. The summed E-state index contributed by atoms with van der Waals surface area (Å²) in [5, 5.41) is 8.76. The SMILES string of the molecule is CCCCC[C@H](C)Oc1ccc(C(=O)O)cc1. The van der Waals surface area contributed by atoms with Crippen LogP contribution in [0.1, 0.15) is 49.9 Å². The van der Waals surface area contributed by atoms with E-state index in [0.29, 0.717) is 0 Å². The van der Waals surface area contributed by atoms with Crippen LogP contribution < -0.4 is 4.74 Å². The fourth-order valence-corrected chi connectivity index (χ4v) is 1.65. The minimum atomic E-state index is -0.910. The molecule has 0 saturated heterocycles. The Bertz CT molecular complexity index is 343. The quantitative estimate of drug-likeness (QED) is 0.734. The van der Waals surface area contributed by atoms with Gasteiger partial charge in [-0.25, -0.2) is 4.79 Å². The number of benzene rings is 1. The predicted octanol–water partition coefficient (Wildman–Crippen LogP) is 3.73. The summed E-state index contributed by atoms with van der Waals surface area (Å²) in [6, 6.07) is 6.55. The molecule has 3 nitrogen and oxygen atoms in total. The maximum Gasteiger partial charge on any atom is 0.335 e. The first-order chi connectivity index (χ1) is 8.13. The van der Waals surface area contributed by atoms with Gasteiger partial charge in [0.2, 0.25) is 0 Å². The van der Waals surface area contributed by atoms with Crippen molar-refractivity contribution >= 4 is 5.97 Å². The van der Waals surface area contributed by atoms with Crippen molar-refractivity contribution in [1.29, 1.82) is 0 Å². The number of unbranched alkanes of at least 4 members (excludes halogenated alkanes) is 2. The monoisotopic (exact) mass is 236 g/mol. The summed E-state index contributed by atoms with van der Waals surface area (Å²) < 4.78 is 5.70. The third kappa shape index (κ3) is 4.89. The molecule has 1 aromatic rings. The third-order valence-corrected chi connectivity index (χ3v) is 2.65. The molecule has 0 amide bonds. The standard InChI is InChI=1S/C14H20O3/c1-3-4-5-6-11(2)17-13-9-7-12(8-10-13)14(15)16/h7-11H,3-6H2,1-2H3,(H,15,16)/t11-/m0/s1. The second-order valence-electron chi connectivity index (χ2n) is 4.25. The molecule has 0 spiro atoms. The number of hydrogen-bond donors (Lipinski definition) is 1. The molecule has 0 heterocycles. The molecule has 0 aliphatic carbocycles. The lowest BCUT2D eigenvalue weighted by molar-refractivity contribution is 0.0697. The number of ether oxygens (including phenoxy) is 1. The van der Waals surface area contributed by atoms with Gasteiger partial charge < -0.3 is 9.84 Å². The first-order valence-electron chi connectivity index (χ1n) is 6.13. The molecule has 0 bridgehead atoms. The van der Waals surface area contributed by atoms with Crippen molar-refractivity contribution in [3.63, 3.8) is 0 Å². The molecule has 3 heteroatoms. The van der Waals surface area contributed by atoms with Crippen LogP contribution in [-0.4, -0.2) is 17.2 Å². The smallest absolute Gasteiger partial charge is 0.335 e. The van der Waals surface area contributed by atoms with Gasteiger partial charge in [0.05, 0.1) is 11.7 Å². The minimum Gasteiger partial charge on any atom is -0.491 e. The van der Waals surface area contributed by atoms with Gasteiger partial charge in [0.25, 0.3) is 0 Å². The van der Waals surface area contributed by atoms with Crippen molar-refractivity contribution < 1.29 is 14.6 Å². The summed E-state index contributed by atoms with van der Waals surface area (Å²) in [7, 11) is 0. The Morgan fingerprint density at radius 1 is 1.29 bits per heavy atom. The molecule has 0 radical (unpaired) electrons. The molecule has 94 valence electrons. The van der Waals surface area contributed by atoms with Crippen LogP contribution in [0.2, 0.25) is 0 Å². The van der Waals surface area contributed by atoms with Crippen molar-refractivity contribution in [3.05, 3.63) is 29.8 Å². The van der Waals surface area contributed by atoms with E-state index in [1.54, 1.807) is 24.3 Å². The van der Waals surface area contributed by atoms with E-state index in [4.69, 9.17) is 9.84 Å². The van der Waals surface area contributed by atoms with Crippen molar-refractivity contribution in [2.45, 2.75) is 45.6 Å². The van der Waals surface area contributed by atoms with Gasteiger partial charge in [-0.3, -0.25) is 0 Å². The van der Waals surface area contributed by atoms with Crippen LogP contribution in [0.3, 0.4) is 0 Å². The molecule has 1 N–H and O–H groups in total. The van der Waals surface area contributed by atoms with Crippen LogP contribution in [-0.2, 0) is 0 Å². The maximum absolute atomic E-state index is 10.7. The van der Waals surface area contributed by atoms with E-state index in [1.807, 2.05) is 6.92 Å². The van der Waals surface area contributed by atoms with Crippen LogP contribution in [0, 0.1) is 0 Å². The van der Waals surface area contributed by atoms with E-state index >= 15 is 0 Å². The van der Waals surface area contributed by atoms with Gasteiger partial charge in [0.1, 0.15) is 5.75 Å². The fraction of sp³-hybridized carbons (Fsp3) is 0.500. The second-order valence-corrected chi connectivity index (χ2v) is 4.25. The molecule has 0 unspecified atom stereocenters. The summed E-state index contributed by atoms with van der Waals surface area (Å²) in [5.74, 6) is -0.174. The Balaban J connectivity index is 2.43. The van der Waals surface area contributed by atoms with Crippen LogP contribution in [0.4, 0.5) is 0 Å². The van der Waals surface area contributed by atoms with E-state index in [0.717, 1.165) is 12.2 Å². The largest absolute Gasteiger partial charge is 0.491 e. The molecule has 0 saturated carbocycles. The van der Waals surface area contributed by atoms with Gasteiger partial charge in [-0.05, 0) is 44.0 Å². The van der Waals surface area contributed by atoms with Gasteiger partial charge in [-0.2, -0.15) is 0 Å². The van der Waals surface area contributed by atoms with Gasteiger partial charge in [0, 0.05) is 0 Å². The molecule has 0 fully saturated rings. The highest BCUT2D eigenvalue weighted by Crippen LogP contribution is 2.16. The Morgan fingerprint density at radius 2 is 1.94 bits per heavy atom. The molecule has 1 aromatic carbocycles. The average molecular weight is 236 g/mol. The molecule has 1 atom stereocenters. The highest BCUT2D eigenvalue weighted by Gasteiger charge is 2.05. The second kappa shape index (κ2) is 6.94. The number of aromatic carboxylic acids is 1. The number of carboxylic acid groups (broad SMARTS) is 1. The van der Waals surface area contributed by atoms with Crippen LogP contribution in [0.15, 0.2) is 24.3 Å². The van der Waals surface area contributed by atoms with E-state index in [2.05, 4.69) is 6.92 Å². The van der Waals surface area contributed by atoms with Crippen molar-refractivity contribution in [2.75, 3.05) is 0 Å². The normalized spacial score (nSPS) is 12.1. The zero-order valence-electron chi connectivity index (χ0n) is 10.5. The van der Waals surface area contributed by atoms with Gasteiger partial charge in [-0.1, -0.05) is 19.8 Å². The molecule has 17 heavy (non-hydrogen) atoms. The number of rotatable bonds is 7. The Hall–Kier alpha value is -1.51. The zero-order chi connectivity index (χ0) is 12.7. The van der Waals surface area contributed by atoms with Crippen LogP contribution in [0.25, 0.3) is 0 Å². The number of hydrogen-bond acceptors (Lipinski definition) is 2. The fourth-order valence-electron chi connectivity index (χ4n) is 1.65. The van der Waals surface area contributed by atoms with E-state index < -0.39 is 5.97 Å². The lowest BCUT2D eigenvalue weighted by Gasteiger charge is -2.14. The Morgan fingerprint density at radius 3 is 2.47 bits per heavy atom. The zero-order valence-corrected chi connectivity index (χ0v) is 10.5. The molecule has 0 aliphatic heterocycles. The van der Waals surface area contributed by atoms with Gasteiger partial charge in [-0.15, -0.1) is 0 Å². The van der Waals surface area contributed by atoms with E-state index in [-0.39, 0.29) is 11.7 Å². The van der Waals surface area contributed by atoms with Crippen molar-refractivity contribution in [1.82, 2.24) is 0 Å². The number of carbonyl (C=O) groups is 1. The summed E-state index contributed by atoms with van der Waals surface area (Å²) in [6.07, 6.45) is 4.82. The minimum absolute atomic E-state index is 0.178. The van der Waals surface area contributed by atoms with Gasteiger partial charge >= 0.3 is 5.97 Å². The Labute approximate surface area is 102 Å². The van der Waals surface area contributed by atoms with Crippen LogP contribution >= 0.6 is 0 Å². The molecular weight excluding hydrogens is 216 g/mol. The average Bonchev–Trinajstić information content (AvgIpc) is 2.30. The van der Waals surface area contributed by atoms with Crippen molar-refractivity contribution in [3.8, 4) is 5.75 Å².